The molecule has 0 bridgehead atoms. The SMILES string of the molecule is CNC(=O)[C@H]1CN(C(=O)c2c(C)noc2C)[C@@H]2CCO[C@H]12. The molecule has 0 aromatic carbocycles. The first-order chi connectivity index (χ1) is 10.0. The molecule has 1 aromatic rings. The number of carbonyl (C=O) groups excluding carboxylic acids is 2. The lowest BCUT2D eigenvalue weighted by atomic mass is 10.0. The van der Waals surface area contributed by atoms with Crippen molar-refractivity contribution >= 4 is 11.8 Å². The third-order valence-corrected chi connectivity index (χ3v) is 4.38. The minimum Gasteiger partial charge on any atom is -0.375 e. The lowest BCUT2D eigenvalue weighted by Crippen LogP contribution is -2.37. The fourth-order valence-corrected chi connectivity index (χ4v) is 3.35. The molecular weight excluding hydrogens is 274 g/mol. The molecule has 2 amide bonds. The van der Waals surface area contributed by atoms with Crippen molar-refractivity contribution < 1.29 is 18.8 Å². The van der Waals surface area contributed by atoms with Gasteiger partial charge in [0.2, 0.25) is 5.91 Å². The van der Waals surface area contributed by atoms with Crippen LogP contribution < -0.4 is 5.32 Å². The summed E-state index contributed by atoms with van der Waals surface area (Å²) >= 11 is 0. The Morgan fingerprint density at radius 1 is 1.38 bits per heavy atom. The minimum absolute atomic E-state index is 0.0477. The van der Waals surface area contributed by atoms with Gasteiger partial charge in [-0.05, 0) is 20.3 Å². The van der Waals surface area contributed by atoms with Gasteiger partial charge >= 0.3 is 0 Å². The van der Waals surface area contributed by atoms with Gasteiger partial charge in [0, 0.05) is 20.2 Å². The highest BCUT2D eigenvalue weighted by molar-refractivity contribution is 5.97. The third-order valence-electron chi connectivity index (χ3n) is 4.38. The van der Waals surface area contributed by atoms with Crippen LogP contribution in [0, 0.1) is 19.8 Å². The number of nitrogens with one attached hydrogen (secondary N) is 1. The number of ether oxygens (including phenoxy) is 1. The van der Waals surface area contributed by atoms with Gasteiger partial charge in [-0.2, -0.15) is 0 Å². The molecule has 7 nitrogen and oxygen atoms in total. The number of carbonyl (C=O) groups is 2. The number of nitrogens with zero attached hydrogens (tertiary/aromatic N) is 2. The lowest BCUT2D eigenvalue weighted by Gasteiger charge is -2.22. The highest BCUT2D eigenvalue weighted by Gasteiger charge is 2.50. The van der Waals surface area contributed by atoms with Gasteiger partial charge in [0.1, 0.15) is 11.3 Å². The molecule has 7 heteroatoms. The monoisotopic (exact) mass is 293 g/mol. The topological polar surface area (TPSA) is 84.7 Å². The average Bonchev–Trinajstić information content (AvgIpc) is 3.13. The first-order valence-corrected chi connectivity index (χ1v) is 7.11. The molecule has 0 spiro atoms. The Morgan fingerprint density at radius 2 is 2.14 bits per heavy atom. The number of amides is 2. The van der Waals surface area contributed by atoms with E-state index in [1.54, 1.807) is 25.8 Å². The van der Waals surface area contributed by atoms with Crippen molar-refractivity contribution in [3.05, 3.63) is 17.0 Å². The molecular formula is C14H19N3O4. The van der Waals surface area contributed by atoms with E-state index in [-0.39, 0.29) is 29.9 Å². The summed E-state index contributed by atoms with van der Waals surface area (Å²) in [6, 6.07) is -0.0477. The summed E-state index contributed by atoms with van der Waals surface area (Å²) in [5.41, 5.74) is 1.08. The molecule has 2 aliphatic heterocycles. The largest absolute Gasteiger partial charge is 0.375 e. The summed E-state index contributed by atoms with van der Waals surface area (Å²) in [7, 11) is 1.60. The van der Waals surface area contributed by atoms with E-state index in [4.69, 9.17) is 9.26 Å². The molecule has 0 radical (unpaired) electrons. The zero-order chi connectivity index (χ0) is 15.1. The summed E-state index contributed by atoms with van der Waals surface area (Å²) < 4.78 is 10.8. The summed E-state index contributed by atoms with van der Waals surface area (Å²) in [6.07, 6.45) is 0.544. The summed E-state index contributed by atoms with van der Waals surface area (Å²) in [5.74, 6) is -0.0117. The van der Waals surface area contributed by atoms with Gasteiger partial charge in [-0.3, -0.25) is 9.59 Å². The van der Waals surface area contributed by atoms with Gasteiger partial charge in [-0.15, -0.1) is 0 Å². The van der Waals surface area contributed by atoms with Crippen molar-refractivity contribution in [1.29, 1.82) is 0 Å². The number of fused-ring (bicyclic) bond motifs is 1. The zero-order valence-corrected chi connectivity index (χ0v) is 12.4. The molecule has 3 atom stereocenters. The van der Waals surface area contributed by atoms with Crippen molar-refractivity contribution in [1.82, 2.24) is 15.4 Å². The first kappa shape index (κ1) is 14.1. The van der Waals surface area contributed by atoms with E-state index in [0.29, 0.717) is 30.2 Å². The minimum atomic E-state index is -0.313. The van der Waals surface area contributed by atoms with Gasteiger partial charge in [-0.1, -0.05) is 5.16 Å². The van der Waals surface area contributed by atoms with Gasteiger partial charge in [0.15, 0.2) is 0 Å². The fourth-order valence-electron chi connectivity index (χ4n) is 3.35. The highest BCUT2D eigenvalue weighted by atomic mass is 16.5. The maximum Gasteiger partial charge on any atom is 0.259 e. The maximum absolute atomic E-state index is 12.8. The van der Waals surface area contributed by atoms with E-state index in [1.807, 2.05) is 0 Å². The van der Waals surface area contributed by atoms with Crippen LogP contribution in [0.25, 0.3) is 0 Å². The summed E-state index contributed by atoms with van der Waals surface area (Å²) in [5, 5.41) is 6.48. The second-order valence-electron chi connectivity index (χ2n) is 5.57. The van der Waals surface area contributed by atoms with Crippen LogP contribution >= 0.6 is 0 Å². The smallest absolute Gasteiger partial charge is 0.259 e. The second kappa shape index (κ2) is 5.14. The van der Waals surface area contributed by atoms with Gasteiger partial charge in [0.05, 0.1) is 23.8 Å². The molecule has 3 heterocycles. The summed E-state index contributed by atoms with van der Waals surface area (Å²) in [4.78, 5) is 26.5. The molecule has 1 N–H and O–H groups in total. The molecule has 2 fully saturated rings. The Morgan fingerprint density at radius 3 is 2.76 bits per heavy atom. The van der Waals surface area contributed by atoms with Crippen LogP contribution in [0.5, 0.6) is 0 Å². The maximum atomic E-state index is 12.8. The molecule has 1 aromatic heterocycles. The standard InChI is InChI=1S/C14H19N3O4/c1-7-11(8(2)21-16-7)14(19)17-6-9(13(18)15-3)12-10(17)4-5-20-12/h9-10,12H,4-6H2,1-3H3,(H,15,18)/t9-,10+,12+/m0/s1. The Labute approximate surface area is 122 Å². The van der Waals surface area contributed by atoms with E-state index < -0.39 is 0 Å². The number of hydrogen-bond donors (Lipinski definition) is 1. The number of aryl methyl sites for hydroxylation is 2. The van der Waals surface area contributed by atoms with Crippen molar-refractivity contribution in [3.63, 3.8) is 0 Å². The predicted octanol–water partition coefficient (Wildman–Crippen LogP) is 0.267. The van der Waals surface area contributed by atoms with Crippen LogP contribution in [-0.4, -0.2) is 54.2 Å². The number of hydrogen-bond acceptors (Lipinski definition) is 5. The second-order valence-corrected chi connectivity index (χ2v) is 5.57. The fraction of sp³-hybridized carbons (Fsp3) is 0.643. The number of rotatable bonds is 2. The normalized spacial score (nSPS) is 27.8. The van der Waals surface area contributed by atoms with Crippen LogP contribution in [0.3, 0.4) is 0 Å². The van der Waals surface area contributed by atoms with E-state index in [9.17, 15) is 9.59 Å². The van der Waals surface area contributed by atoms with Crippen molar-refractivity contribution in [2.75, 3.05) is 20.2 Å². The van der Waals surface area contributed by atoms with Crippen molar-refractivity contribution in [3.8, 4) is 0 Å². The van der Waals surface area contributed by atoms with E-state index in [1.165, 1.54) is 0 Å². The van der Waals surface area contributed by atoms with Crippen LogP contribution in [-0.2, 0) is 9.53 Å². The van der Waals surface area contributed by atoms with Crippen LogP contribution in [0.2, 0.25) is 0 Å². The Kier molecular flexibility index (Phi) is 3.44. The van der Waals surface area contributed by atoms with Crippen LogP contribution in [0.15, 0.2) is 4.52 Å². The Bertz CT molecular complexity index is 563. The molecule has 0 unspecified atom stereocenters. The van der Waals surface area contributed by atoms with Gasteiger partial charge < -0.3 is 19.5 Å². The van der Waals surface area contributed by atoms with Gasteiger partial charge in [-0.25, -0.2) is 0 Å². The highest BCUT2D eigenvalue weighted by Crippen LogP contribution is 2.35. The molecule has 2 aliphatic rings. The Hall–Kier alpha value is -1.89. The number of likely N-dealkylation sites (tertiary alicyclic amines) is 1. The van der Waals surface area contributed by atoms with E-state index in [2.05, 4.69) is 10.5 Å². The molecule has 0 aliphatic carbocycles. The van der Waals surface area contributed by atoms with Crippen LogP contribution in [0.4, 0.5) is 0 Å². The molecule has 114 valence electrons. The molecule has 3 rings (SSSR count). The zero-order valence-electron chi connectivity index (χ0n) is 12.4. The lowest BCUT2D eigenvalue weighted by molar-refractivity contribution is -0.127. The molecule has 21 heavy (non-hydrogen) atoms. The van der Waals surface area contributed by atoms with Crippen molar-refractivity contribution in [2.45, 2.75) is 32.4 Å². The quantitative estimate of drug-likeness (QED) is 0.846. The van der Waals surface area contributed by atoms with Crippen molar-refractivity contribution in [2.24, 2.45) is 5.92 Å². The molecule has 0 saturated carbocycles. The molecule has 2 saturated heterocycles. The first-order valence-electron chi connectivity index (χ1n) is 7.11. The Balaban J connectivity index is 1.89. The van der Waals surface area contributed by atoms with Crippen LogP contribution in [0.1, 0.15) is 28.2 Å². The van der Waals surface area contributed by atoms with E-state index in [0.717, 1.165) is 6.42 Å². The van der Waals surface area contributed by atoms with Gasteiger partial charge in [0.25, 0.3) is 5.91 Å². The third kappa shape index (κ3) is 2.12. The predicted molar refractivity (Wildman–Crippen MR) is 72.7 cm³/mol. The average molecular weight is 293 g/mol. The van der Waals surface area contributed by atoms with E-state index >= 15 is 0 Å². The summed E-state index contributed by atoms with van der Waals surface area (Å²) in [6.45, 7) is 4.42. The number of aromatic nitrogens is 1.